The van der Waals surface area contributed by atoms with Crippen molar-refractivity contribution in [1.29, 1.82) is 0 Å². The summed E-state index contributed by atoms with van der Waals surface area (Å²) in [7, 11) is 1.06. The molecule has 0 aromatic carbocycles. The fraction of sp³-hybridized carbons (Fsp3) is 0.538. The number of Topliss-reactive ketones (excluding diaryl/α,β-unsaturated/α-hetero) is 1. The number of hydrogen-bond donors (Lipinski definition) is 0. The Morgan fingerprint density at radius 2 is 1.95 bits per heavy atom. The number of esters is 1. The number of nitrogens with zero attached hydrogens (tertiary/aromatic N) is 1. The number of ketones is 1. The van der Waals surface area contributed by atoms with Gasteiger partial charge in [-0.2, -0.15) is 0 Å². The van der Waals surface area contributed by atoms with Crippen LogP contribution >= 0.6 is 0 Å². The Labute approximate surface area is 116 Å². The molecule has 0 radical (unpaired) electrons. The monoisotopic (exact) mass is 283 g/mol. The van der Waals surface area contributed by atoms with Gasteiger partial charge in [0.05, 0.1) is 13.7 Å². The number of ether oxygens (including phenoxy) is 2. The summed E-state index contributed by atoms with van der Waals surface area (Å²) in [6.45, 7) is 4.71. The molecule has 1 heterocycles. The van der Waals surface area contributed by atoms with Crippen LogP contribution in [-0.2, 0) is 23.9 Å². The second-order valence-corrected chi connectivity index (χ2v) is 4.48. The van der Waals surface area contributed by atoms with Gasteiger partial charge in [0.15, 0.2) is 5.78 Å². The number of imide groups is 1. The van der Waals surface area contributed by atoms with E-state index in [0.717, 1.165) is 19.3 Å². The molecule has 110 valence electrons. The number of hydrogen-bond acceptors (Lipinski definition) is 6. The number of carbonyl (C=O) groups excluding carboxylic acids is 4. The lowest BCUT2D eigenvalue weighted by Crippen LogP contribution is -2.61. The van der Waals surface area contributed by atoms with Gasteiger partial charge in [0.2, 0.25) is 5.54 Å². The fourth-order valence-corrected chi connectivity index (χ4v) is 1.97. The quantitative estimate of drug-likeness (QED) is 0.556. The molecule has 1 aliphatic heterocycles. The number of carbonyl (C=O) groups is 4. The maximum absolute atomic E-state index is 12.4. The van der Waals surface area contributed by atoms with Gasteiger partial charge in [-0.15, -0.1) is 0 Å². The Hall–Kier alpha value is -2.18. The Balaban J connectivity index is 3.40. The van der Waals surface area contributed by atoms with Gasteiger partial charge in [-0.3, -0.25) is 9.59 Å². The molecule has 1 atom stereocenters. The first-order valence-corrected chi connectivity index (χ1v) is 6.15. The topological polar surface area (TPSA) is 90.0 Å². The first kappa shape index (κ1) is 15.9. The van der Waals surface area contributed by atoms with E-state index in [9.17, 15) is 19.2 Å². The zero-order valence-electron chi connectivity index (χ0n) is 11.8. The highest BCUT2D eigenvalue weighted by Crippen LogP contribution is 2.30. The van der Waals surface area contributed by atoms with Crippen molar-refractivity contribution < 1.29 is 28.7 Å². The van der Waals surface area contributed by atoms with Crippen molar-refractivity contribution in [2.45, 2.75) is 26.3 Å². The maximum Gasteiger partial charge on any atom is 0.418 e. The van der Waals surface area contributed by atoms with E-state index < -0.39 is 35.2 Å². The third-order valence-electron chi connectivity index (χ3n) is 2.88. The minimum atomic E-state index is -2.08. The fourth-order valence-electron chi connectivity index (χ4n) is 1.97. The normalized spacial score (nSPS) is 21.2. The van der Waals surface area contributed by atoms with Crippen molar-refractivity contribution in [3.63, 3.8) is 0 Å². The van der Waals surface area contributed by atoms with Gasteiger partial charge in [0.1, 0.15) is 0 Å². The molecule has 0 aromatic rings. The Morgan fingerprint density at radius 1 is 1.35 bits per heavy atom. The smallest absolute Gasteiger partial charge is 0.418 e. The highest BCUT2D eigenvalue weighted by atomic mass is 16.6. The SMILES string of the molecule is CCOC(=O)[C@@]1(C(=O)C(C)C)C=CC(=O)N1C(=O)OC. The summed E-state index contributed by atoms with van der Waals surface area (Å²) in [6.07, 6.45) is 1.00. The average Bonchev–Trinajstić information content (AvgIpc) is 2.75. The number of amides is 2. The molecule has 1 rings (SSSR count). The van der Waals surface area contributed by atoms with E-state index in [1.165, 1.54) is 0 Å². The predicted octanol–water partition coefficient (Wildman–Crippen LogP) is 0.678. The largest absolute Gasteiger partial charge is 0.464 e. The Bertz CT molecular complexity index is 481. The van der Waals surface area contributed by atoms with Crippen LogP contribution in [0.15, 0.2) is 12.2 Å². The molecule has 0 aromatic heterocycles. The van der Waals surface area contributed by atoms with E-state index in [-0.39, 0.29) is 6.61 Å². The van der Waals surface area contributed by atoms with Gasteiger partial charge in [-0.25, -0.2) is 14.5 Å². The van der Waals surface area contributed by atoms with Gasteiger partial charge in [-0.05, 0) is 13.0 Å². The molecule has 0 unspecified atom stereocenters. The van der Waals surface area contributed by atoms with Crippen LogP contribution in [0.5, 0.6) is 0 Å². The van der Waals surface area contributed by atoms with Crippen molar-refractivity contribution in [1.82, 2.24) is 4.90 Å². The highest BCUT2D eigenvalue weighted by molar-refractivity contribution is 6.21. The summed E-state index contributed by atoms with van der Waals surface area (Å²) in [5.74, 6) is -2.95. The zero-order chi connectivity index (χ0) is 15.5. The van der Waals surface area contributed by atoms with Crippen LogP contribution < -0.4 is 0 Å². The van der Waals surface area contributed by atoms with E-state index in [0.29, 0.717) is 4.90 Å². The van der Waals surface area contributed by atoms with E-state index in [1.807, 2.05) is 0 Å². The van der Waals surface area contributed by atoms with Gasteiger partial charge in [-0.1, -0.05) is 13.8 Å². The first-order valence-electron chi connectivity index (χ1n) is 6.15. The molecule has 20 heavy (non-hydrogen) atoms. The summed E-state index contributed by atoms with van der Waals surface area (Å²) >= 11 is 0. The van der Waals surface area contributed by atoms with Crippen molar-refractivity contribution in [3.05, 3.63) is 12.2 Å². The molecule has 2 amide bonds. The van der Waals surface area contributed by atoms with Crippen LogP contribution in [0.25, 0.3) is 0 Å². The second kappa shape index (κ2) is 5.85. The minimum absolute atomic E-state index is 0.0169. The summed E-state index contributed by atoms with van der Waals surface area (Å²) in [4.78, 5) is 48.7. The number of rotatable bonds is 4. The lowest BCUT2D eigenvalue weighted by atomic mass is 9.87. The van der Waals surface area contributed by atoms with Gasteiger partial charge in [0, 0.05) is 12.0 Å². The van der Waals surface area contributed by atoms with E-state index in [2.05, 4.69) is 4.74 Å². The van der Waals surface area contributed by atoms with E-state index in [1.54, 1.807) is 20.8 Å². The third-order valence-corrected chi connectivity index (χ3v) is 2.88. The molecular weight excluding hydrogens is 266 g/mol. The van der Waals surface area contributed by atoms with Crippen LogP contribution in [0.1, 0.15) is 20.8 Å². The van der Waals surface area contributed by atoms with Crippen LogP contribution in [0.2, 0.25) is 0 Å². The van der Waals surface area contributed by atoms with Crippen molar-refractivity contribution in [3.8, 4) is 0 Å². The summed E-state index contributed by atoms with van der Waals surface area (Å²) < 4.78 is 9.35. The van der Waals surface area contributed by atoms with Gasteiger partial charge in [0.25, 0.3) is 5.91 Å². The molecule has 0 spiro atoms. The van der Waals surface area contributed by atoms with Crippen molar-refractivity contribution in [2.24, 2.45) is 5.92 Å². The summed E-state index contributed by atoms with van der Waals surface area (Å²) in [6, 6.07) is 0. The summed E-state index contributed by atoms with van der Waals surface area (Å²) in [5.41, 5.74) is -2.08. The maximum atomic E-state index is 12.4. The van der Waals surface area contributed by atoms with Crippen LogP contribution in [0, 0.1) is 5.92 Å². The van der Waals surface area contributed by atoms with Crippen molar-refractivity contribution in [2.75, 3.05) is 13.7 Å². The Morgan fingerprint density at radius 3 is 2.40 bits per heavy atom. The average molecular weight is 283 g/mol. The first-order chi connectivity index (χ1) is 9.32. The van der Waals surface area contributed by atoms with E-state index in [4.69, 9.17) is 4.74 Å². The molecule has 0 saturated carbocycles. The predicted molar refractivity (Wildman–Crippen MR) is 67.6 cm³/mol. The Kier molecular flexibility index (Phi) is 4.65. The molecule has 7 nitrogen and oxygen atoms in total. The lowest BCUT2D eigenvalue weighted by molar-refractivity contribution is -0.161. The minimum Gasteiger partial charge on any atom is -0.464 e. The molecule has 1 aliphatic rings. The number of methoxy groups -OCH3 is 1. The van der Waals surface area contributed by atoms with Crippen molar-refractivity contribution >= 4 is 23.8 Å². The molecule has 7 heteroatoms. The van der Waals surface area contributed by atoms with Crippen LogP contribution in [0.4, 0.5) is 4.79 Å². The molecule has 0 N–H and O–H groups in total. The molecule has 0 saturated heterocycles. The van der Waals surface area contributed by atoms with Gasteiger partial charge < -0.3 is 9.47 Å². The highest BCUT2D eigenvalue weighted by Gasteiger charge is 2.58. The van der Waals surface area contributed by atoms with Gasteiger partial charge >= 0.3 is 12.1 Å². The molecular formula is C13H17NO6. The standard InChI is InChI=1S/C13H17NO6/c1-5-20-11(17)13(10(16)8(2)3)7-6-9(15)14(13)12(18)19-4/h6-8H,5H2,1-4H3/t13-/m0/s1. The van der Waals surface area contributed by atoms with Crippen LogP contribution in [-0.4, -0.2) is 47.9 Å². The lowest BCUT2D eigenvalue weighted by Gasteiger charge is -2.32. The molecule has 0 fully saturated rings. The zero-order valence-corrected chi connectivity index (χ0v) is 11.8. The molecule has 0 aliphatic carbocycles. The van der Waals surface area contributed by atoms with Crippen LogP contribution in [0.3, 0.4) is 0 Å². The molecule has 0 bridgehead atoms. The summed E-state index contributed by atoms with van der Waals surface area (Å²) in [5, 5.41) is 0. The third kappa shape index (κ3) is 2.31. The second-order valence-electron chi connectivity index (χ2n) is 4.48. The van der Waals surface area contributed by atoms with E-state index >= 15 is 0 Å².